The Kier molecular flexibility index (Phi) is 4.83. The Morgan fingerprint density at radius 2 is 2.17 bits per heavy atom. The van der Waals surface area contributed by atoms with E-state index in [-0.39, 0.29) is 0 Å². The molecule has 0 amide bonds. The summed E-state index contributed by atoms with van der Waals surface area (Å²) in [6.45, 7) is 4.23. The fourth-order valence-electron chi connectivity index (χ4n) is 1.61. The smallest absolute Gasteiger partial charge is 0.158 e. The van der Waals surface area contributed by atoms with Gasteiger partial charge in [-0.3, -0.25) is 0 Å². The van der Waals surface area contributed by atoms with Crippen molar-refractivity contribution in [3.63, 3.8) is 0 Å². The number of ether oxygens (including phenoxy) is 1. The molecule has 7 nitrogen and oxygen atoms in total. The van der Waals surface area contributed by atoms with Crippen LogP contribution in [0.25, 0.3) is 0 Å². The molecular formula is C11H21N5O2. The molecule has 0 fully saturated rings. The Bertz CT molecular complexity index is 392. The van der Waals surface area contributed by atoms with Crippen LogP contribution in [0, 0.1) is 0 Å². The van der Waals surface area contributed by atoms with E-state index in [4.69, 9.17) is 10.6 Å². The number of likely N-dealkylation sites (N-methyl/N-ethyl adjacent to an activating group) is 1. The molecule has 1 aromatic rings. The molecule has 0 saturated carbocycles. The molecule has 0 aliphatic rings. The molecule has 4 N–H and O–H groups in total. The van der Waals surface area contributed by atoms with Gasteiger partial charge in [0, 0.05) is 26.8 Å². The lowest BCUT2D eigenvalue weighted by Crippen LogP contribution is -2.36. The van der Waals surface area contributed by atoms with Gasteiger partial charge in [-0.15, -0.1) is 0 Å². The van der Waals surface area contributed by atoms with Crippen LogP contribution >= 0.6 is 0 Å². The van der Waals surface area contributed by atoms with E-state index >= 15 is 0 Å². The Hall–Kier alpha value is -1.44. The Morgan fingerprint density at radius 1 is 1.50 bits per heavy atom. The van der Waals surface area contributed by atoms with Crippen molar-refractivity contribution in [1.82, 2.24) is 9.97 Å². The fourth-order valence-corrected chi connectivity index (χ4v) is 1.61. The molecule has 18 heavy (non-hydrogen) atoms. The summed E-state index contributed by atoms with van der Waals surface area (Å²) < 4.78 is 5.00. The van der Waals surface area contributed by atoms with Gasteiger partial charge in [0.15, 0.2) is 5.82 Å². The number of hydrogen-bond donors (Lipinski definition) is 3. The third-order valence-corrected chi connectivity index (χ3v) is 2.20. The molecular weight excluding hydrogens is 234 g/mol. The van der Waals surface area contributed by atoms with Crippen LogP contribution in [0.5, 0.6) is 0 Å². The summed E-state index contributed by atoms with van der Waals surface area (Å²) in [4.78, 5) is 10.3. The number of aliphatic hydroxyl groups is 1. The number of rotatable bonds is 6. The Balaban J connectivity index is 2.96. The molecule has 0 saturated heterocycles. The number of anilines is 2. The van der Waals surface area contributed by atoms with Crippen LogP contribution in [0.2, 0.25) is 0 Å². The average Bonchev–Trinajstić information content (AvgIpc) is 2.26. The number of aromatic nitrogens is 2. The van der Waals surface area contributed by atoms with Crippen molar-refractivity contribution in [3.8, 4) is 0 Å². The van der Waals surface area contributed by atoms with Crippen LogP contribution in [0.1, 0.15) is 19.7 Å². The molecule has 0 unspecified atom stereocenters. The maximum absolute atomic E-state index is 9.80. The molecule has 0 spiro atoms. The molecule has 1 heterocycles. The zero-order chi connectivity index (χ0) is 13.8. The highest BCUT2D eigenvalue weighted by molar-refractivity contribution is 5.48. The van der Waals surface area contributed by atoms with Crippen LogP contribution in [0.4, 0.5) is 11.6 Å². The molecule has 0 atom stereocenters. The van der Waals surface area contributed by atoms with Gasteiger partial charge in [-0.1, -0.05) is 0 Å². The van der Waals surface area contributed by atoms with E-state index in [2.05, 4.69) is 15.4 Å². The SMILES string of the molecule is COCc1nc(NN)cc(N(C)CC(C)(C)O)n1. The van der Waals surface area contributed by atoms with Gasteiger partial charge < -0.3 is 20.2 Å². The second-order valence-electron chi connectivity index (χ2n) is 4.77. The van der Waals surface area contributed by atoms with Crippen LogP contribution in [0.15, 0.2) is 6.07 Å². The predicted octanol–water partition coefficient (Wildman–Crippen LogP) is 0.116. The number of nitrogens with one attached hydrogen (secondary N) is 1. The summed E-state index contributed by atoms with van der Waals surface area (Å²) >= 11 is 0. The summed E-state index contributed by atoms with van der Waals surface area (Å²) in [7, 11) is 3.42. The van der Waals surface area contributed by atoms with E-state index in [0.29, 0.717) is 30.6 Å². The average molecular weight is 255 g/mol. The van der Waals surface area contributed by atoms with Gasteiger partial charge in [0.05, 0.1) is 5.60 Å². The van der Waals surface area contributed by atoms with Crippen molar-refractivity contribution in [2.75, 3.05) is 31.0 Å². The quantitative estimate of drug-likeness (QED) is 0.490. The lowest BCUT2D eigenvalue weighted by Gasteiger charge is -2.26. The van der Waals surface area contributed by atoms with Gasteiger partial charge in [-0.25, -0.2) is 15.8 Å². The van der Waals surface area contributed by atoms with Gasteiger partial charge >= 0.3 is 0 Å². The minimum absolute atomic E-state index is 0.304. The molecule has 102 valence electrons. The first-order valence-electron chi connectivity index (χ1n) is 5.63. The number of hydrazine groups is 1. The normalized spacial score (nSPS) is 11.4. The highest BCUT2D eigenvalue weighted by Crippen LogP contribution is 2.16. The highest BCUT2D eigenvalue weighted by atomic mass is 16.5. The van der Waals surface area contributed by atoms with E-state index in [0.717, 1.165) is 0 Å². The number of hydrogen-bond acceptors (Lipinski definition) is 7. The van der Waals surface area contributed by atoms with Gasteiger partial charge in [0.2, 0.25) is 0 Å². The first-order chi connectivity index (χ1) is 8.35. The molecule has 0 bridgehead atoms. The van der Waals surface area contributed by atoms with Crippen LogP contribution in [0.3, 0.4) is 0 Å². The number of nitrogens with two attached hydrogens (primary N) is 1. The highest BCUT2D eigenvalue weighted by Gasteiger charge is 2.17. The molecule has 0 aliphatic heterocycles. The number of nitrogens with zero attached hydrogens (tertiary/aromatic N) is 3. The molecule has 1 aromatic heterocycles. The summed E-state index contributed by atoms with van der Waals surface area (Å²) in [5.41, 5.74) is 1.68. The fraction of sp³-hybridized carbons (Fsp3) is 0.636. The van der Waals surface area contributed by atoms with Crippen molar-refractivity contribution >= 4 is 11.6 Å². The van der Waals surface area contributed by atoms with Gasteiger partial charge in [0.1, 0.15) is 18.2 Å². The predicted molar refractivity (Wildman–Crippen MR) is 70.1 cm³/mol. The first-order valence-corrected chi connectivity index (χ1v) is 5.63. The van der Waals surface area contributed by atoms with E-state index in [1.165, 1.54) is 0 Å². The lowest BCUT2D eigenvalue weighted by molar-refractivity contribution is 0.0884. The summed E-state index contributed by atoms with van der Waals surface area (Å²) in [6.07, 6.45) is 0. The second-order valence-corrected chi connectivity index (χ2v) is 4.77. The third-order valence-electron chi connectivity index (χ3n) is 2.20. The number of nitrogen functional groups attached to an aromatic ring is 1. The molecule has 0 radical (unpaired) electrons. The van der Waals surface area contributed by atoms with Gasteiger partial charge in [-0.05, 0) is 13.8 Å². The van der Waals surface area contributed by atoms with Crippen molar-refractivity contribution in [1.29, 1.82) is 0 Å². The van der Waals surface area contributed by atoms with E-state index < -0.39 is 5.60 Å². The second kappa shape index (κ2) is 5.94. The minimum atomic E-state index is -0.808. The van der Waals surface area contributed by atoms with Crippen molar-refractivity contribution < 1.29 is 9.84 Å². The van der Waals surface area contributed by atoms with E-state index in [1.54, 1.807) is 27.0 Å². The topological polar surface area (TPSA) is 96.5 Å². The van der Waals surface area contributed by atoms with Crippen molar-refractivity contribution in [2.24, 2.45) is 5.84 Å². The van der Waals surface area contributed by atoms with Gasteiger partial charge in [-0.2, -0.15) is 0 Å². The molecule has 1 rings (SSSR count). The molecule has 7 heteroatoms. The zero-order valence-electron chi connectivity index (χ0n) is 11.3. The van der Waals surface area contributed by atoms with Crippen LogP contribution in [-0.4, -0.2) is 41.4 Å². The van der Waals surface area contributed by atoms with E-state index in [1.807, 2.05) is 11.9 Å². The Morgan fingerprint density at radius 3 is 2.67 bits per heavy atom. The molecule has 0 aliphatic carbocycles. The first kappa shape index (κ1) is 14.6. The van der Waals surface area contributed by atoms with E-state index in [9.17, 15) is 5.11 Å². The zero-order valence-corrected chi connectivity index (χ0v) is 11.3. The molecule has 0 aromatic carbocycles. The summed E-state index contributed by atoms with van der Waals surface area (Å²) in [6, 6.07) is 1.71. The summed E-state index contributed by atoms with van der Waals surface area (Å²) in [5, 5.41) is 9.80. The summed E-state index contributed by atoms with van der Waals surface area (Å²) in [5.74, 6) is 7.08. The van der Waals surface area contributed by atoms with Crippen LogP contribution in [-0.2, 0) is 11.3 Å². The number of methoxy groups -OCH3 is 1. The maximum atomic E-state index is 9.80. The maximum Gasteiger partial charge on any atom is 0.158 e. The minimum Gasteiger partial charge on any atom is -0.389 e. The largest absolute Gasteiger partial charge is 0.389 e. The lowest BCUT2D eigenvalue weighted by atomic mass is 10.1. The van der Waals surface area contributed by atoms with Gasteiger partial charge in [0.25, 0.3) is 0 Å². The third kappa shape index (κ3) is 4.44. The van der Waals surface area contributed by atoms with Crippen molar-refractivity contribution in [3.05, 3.63) is 11.9 Å². The standard InChI is InChI=1S/C11H21N5O2/c1-11(2,17)7-16(3)10-5-8(15-12)13-9(14-10)6-18-4/h5,17H,6-7,12H2,1-4H3,(H,13,14,15). The van der Waals surface area contributed by atoms with Crippen molar-refractivity contribution in [2.45, 2.75) is 26.1 Å². The van der Waals surface area contributed by atoms with Crippen LogP contribution < -0.4 is 16.2 Å². The monoisotopic (exact) mass is 255 g/mol. The Labute approximate surface area is 107 Å².